The standard InChI is InChI=1S/C24H25N3O2/c1-17-3-7-19(8-4-17)9-12-22(28)27-15-13-20(14-16-27)23-25-24(29-26-23)21-10-5-18(2)6-11-21/h3-12,20H,13-16H2,1-2H3. The molecule has 0 atom stereocenters. The highest BCUT2D eigenvalue weighted by Gasteiger charge is 2.26. The molecule has 0 radical (unpaired) electrons. The van der Waals surface area contributed by atoms with E-state index in [2.05, 4.69) is 17.1 Å². The van der Waals surface area contributed by atoms with Crippen molar-refractivity contribution in [3.05, 3.63) is 77.1 Å². The topological polar surface area (TPSA) is 59.2 Å². The minimum atomic E-state index is 0.0532. The molecular weight excluding hydrogens is 362 g/mol. The van der Waals surface area contributed by atoms with Crippen LogP contribution in [0.5, 0.6) is 0 Å². The molecule has 5 nitrogen and oxygen atoms in total. The van der Waals surface area contributed by atoms with Crippen LogP contribution in [0.1, 0.15) is 41.3 Å². The maximum atomic E-state index is 12.5. The van der Waals surface area contributed by atoms with Gasteiger partial charge in [-0.25, -0.2) is 0 Å². The van der Waals surface area contributed by atoms with Gasteiger partial charge < -0.3 is 9.42 Å². The second kappa shape index (κ2) is 8.43. The summed E-state index contributed by atoms with van der Waals surface area (Å²) in [5.74, 6) is 1.57. The van der Waals surface area contributed by atoms with Crippen molar-refractivity contribution in [2.45, 2.75) is 32.6 Å². The number of likely N-dealkylation sites (tertiary alicyclic amines) is 1. The average molecular weight is 387 g/mol. The van der Waals surface area contributed by atoms with E-state index in [0.717, 1.165) is 29.8 Å². The third-order valence-corrected chi connectivity index (χ3v) is 5.41. The van der Waals surface area contributed by atoms with E-state index in [-0.39, 0.29) is 11.8 Å². The van der Waals surface area contributed by atoms with Crippen molar-refractivity contribution in [2.24, 2.45) is 0 Å². The maximum absolute atomic E-state index is 12.5. The van der Waals surface area contributed by atoms with Crippen LogP contribution in [0.2, 0.25) is 0 Å². The van der Waals surface area contributed by atoms with Crippen LogP contribution in [0, 0.1) is 13.8 Å². The summed E-state index contributed by atoms with van der Waals surface area (Å²) in [6, 6.07) is 16.2. The molecule has 0 aliphatic carbocycles. The van der Waals surface area contributed by atoms with Crippen molar-refractivity contribution < 1.29 is 9.32 Å². The third-order valence-electron chi connectivity index (χ3n) is 5.41. The number of aromatic nitrogens is 2. The number of carbonyl (C=O) groups excluding carboxylic acids is 1. The summed E-state index contributed by atoms with van der Waals surface area (Å²) in [6.07, 6.45) is 5.23. The summed E-state index contributed by atoms with van der Waals surface area (Å²) in [7, 11) is 0. The minimum Gasteiger partial charge on any atom is -0.339 e. The summed E-state index contributed by atoms with van der Waals surface area (Å²) in [5, 5.41) is 4.19. The Hall–Kier alpha value is -3.21. The van der Waals surface area contributed by atoms with E-state index in [4.69, 9.17) is 4.52 Å². The largest absolute Gasteiger partial charge is 0.339 e. The highest BCUT2D eigenvalue weighted by atomic mass is 16.5. The van der Waals surface area contributed by atoms with E-state index in [0.29, 0.717) is 19.0 Å². The van der Waals surface area contributed by atoms with Gasteiger partial charge in [0.1, 0.15) is 0 Å². The van der Waals surface area contributed by atoms with Crippen molar-refractivity contribution in [1.82, 2.24) is 15.0 Å². The van der Waals surface area contributed by atoms with E-state index in [1.807, 2.05) is 66.4 Å². The van der Waals surface area contributed by atoms with Crippen LogP contribution in [0.25, 0.3) is 17.5 Å². The second-order valence-electron chi connectivity index (χ2n) is 7.67. The van der Waals surface area contributed by atoms with Gasteiger partial charge in [-0.05, 0) is 50.5 Å². The van der Waals surface area contributed by atoms with Crippen LogP contribution >= 0.6 is 0 Å². The third kappa shape index (κ3) is 4.62. The molecule has 1 aliphatic rings. The van der Waals surface area contributed by atoms with Crippen LogP contribution in [-0.2, 0) is 4.79 Å². The van der Waals surface area contributed by atoms with Gasteiger partial charge in [0.15, 0.2) is 5.82 Å². The lowest BCUT2D eigenvalue weighted by Gasteiger charge is -2.29. The molecular formula is C24H25N3O2. The van der Waals surface area contributed by atoms with Crippen molar-refractivity contribution in [3.8, 4) is 11.5 Å². The first-order valence-electron chi connectivity index (χ1n) is 10.0. The van der Waals surface area contributed by atoms with E-state index < -0.39 is 0 Å². The zero-order valence-corrected chi connectivity index (χ0v) is 16.8. The molecule has 3 aromatic rings. The number of aryl methyl sites for hydroxylation is 2. The van der Waals surface area contributed by atoms with Crippen LogP contribution in [0.4, 0.5) is 0 Å². The van der Waals surface area contributed by atoms with Gasteiger partial charge in [-0.1, -0.05) is 52.7 Å². The molecule has 148 valence electrons. The Bertz CT molecular complexity index is 995. The fourth-order valence-corrected chi connectivity index (χ4v) is 3.52. The molecule has 2 aromatic carbocycles. The fraction of sp³-hybridized carbons (Fsp3) is 0.292. The molecule has 4 rings (SSSR count). The zero-order chi connectivity index (χ0) is 20.2. The van der Waals surface area contributed by atoms with Gasteiger partial charge in [0.05, 0.1) is 0 Å². The Morgan fingerprint density at radius 3 is 2.28 bits per heavy atom. The van der Waals surface area contributed by atoms with Crippen LogP contribution in [0.3, 0.4) is 0 Å². The molecule has 29 heavy (non-hydrogen) atoms. The Morgan fingerprint density at radius 2 is 1.62 bits per heavy atom. The van der Waals surface area contributed by atoms with Crippen molar-refractivity contribution in [3.63, 3.8) is 0 Å². The monoisotopic (exact) mass is 387 g/mol. The van der Waals surface area contributed by atoms with Gasteiger partial charge in [-0.2, -0.15) is 4.98 Å². The first-order valence-corrected chi connectivity index (χ1v) is 10.0. The molecule has 0 spiro atoms. The van der Waals surface area contributed by atoms with Gasteiger partial charge in [-0.15, -0.1) is 0 Å². The summed E-state index contributed by atoms with van der Waals surface area (Å²) in [5.41, 5.74) is 4.38. The number of amides is 1. The lowest BCUT2D eigenvalue weighted by atomic mass is 9.96. The van der Waals surface area contributed by atoms with Gasteiger partial charge in [-0.3, -0.25) is 4.79 Å². The molecule has 1 amide bonds. The van der Waals surface area contributed by atoms with Gasteiger partial charge >= 0.3 is 0 Å². The number of nitrogens with zero attached hydrogens (tertiary/aromatic N) is 3. The number of piperidine rings is 1. The molecule has 0 bridgehead atoms. The first-order chi connectivity index (χ1) is 14.1. The second-order valence-corrected chi connectivity index (χ2v) is 7.67. The predicted octanol–water partition coefficient (Wildman–Crippen LogP) is 4.77. The first kappa shape index (κ1) is 19.1. The molecule has 1 aromatic heterocycles. The van der Waals surface area contributed by atoms with Crippen LogP contribution < -0.4 is 0 Å². The van der Waals surface area contributed by atoms with E-state index in [1.165, 1.54) is 11.1 Å². The lowest BCUT2D eigenvalue weighted by molar-refractivity contribution is -0.127. The summed E-state index contributed by atoms with van der Waals surface area (Å²) in [4.78, 5) is 19.0. The minimum absolute atomic E-state index is 0.0532. The maximum Gasteiger partial charge on any atom is 0.257 e. The van der Waals surface area contributed by atoms with E-state index in [1.54, 1.807) is 6.08 Å². The Labute approximate surface area is 171 Å². The Kier molecular flexibility index (Phi) is 5.56. The number of carbonyl (C=O) groups is 1. The Morgan fingerprint density at radius 1 is 1.00 bits per heavy atom. The van der Waals surface area contributed by atoms with Crippen molar-refractivity contribution in [2.75, 3.05) is 13.1 Å². The lowest BCUT2D eigenvalue weighted by Crippen LogP contribution is -2.37. The van der Waals surface area contributed by atoms with E-state index >= 15 is 0 Å². The van der Waals surface area contributed by atoms with Crippen LogP contribution in [0.15, 0.2) is 59.1 Å². The smallest absolute Gasteiger partial charge is 0.257 e. The fourth-order valence-electron chi connectivity index (χ4n) is 3.52. The van der Waals surface area contributed by atoms with Crippen molar-refractivity contribution >= 4 is 12.0 Å². The van der Waals surface area contributed by atoms with Crippen molar-refractivity contribution in [1.29, 1.82) is 0 Å². The number of hydrogen-bond acceptors (Lipinski definition) is 4. The summed E-state index contributed by atoms with van der Waals surface area (Å²) < 4.78 is 5.46. The number of hydrogen-bond donors (Lipinski definition) is 0. The number of rotatable bonds is 4. The SMILES string of the molecule is Cc1ccc(C=CC(=O)N2CCC(c3noc(-c4ccc(C)cc4)n3)CC2)cc1. The Balaban J connectivity index is 1.34. The summed E-state index contributed by atoms with van der Waals surface area (Å²) in [6.45, 7) is 5.51. The molecule has 0 unspecified atom stereocenters. The molecule has 5 heteroatoms. The van der Waals surface area contributed by atoms with Gasteiger partial charge in [0.2, 0.25) is 5.91 Å². The van der Waals surface area contributed by atoms with Gasteiger partial charge in [0, 0.05) is 30.6 Å². The van der Waals surface area contributed by atoms with Gasteiger partial charge in [0.25, 0.3) is 5.89 Å². The quantitative estimate of drug-likeness (QED) is 0.605. The molecule has 1 saturated heterocycles. The molecule has 1 fully saturated rings. The highest BCUT2D eigenvalue weighted by molar-refractivity contribution is 5.91. The predicted molar refractivity (Wildman–Crippen MR) is 113 cm³/mol. The molecule has 0 saturated carbocycles. The zero-order valence-electron chi connectivity index (χ0n) is 16.8. The molecule has 0 N–H and O–H groups in total. The average Bonchev–Trinajstić information content (AvgIpc) is 3.24. The molecule has 2 heterocycles. The highest BCUT2D eigenvalue weighted by Crippen LogP contribution is 2.28. The molecule has 1 aliphatic heterocycles. The summed E-state index contributed by atoms with van der Waals surface area (Å²) >= 11 is 0. The van der Waals surface area contributed by atoms with Crippen LogP contribution in [-0.4, -0.2) is 34.0 Å². The number of benzene rings is 2. The van der Waals surface area contributed by atoms with E-state index in [9.17, 15) is 4.79 Å². The normalized spacial score (nSPS) is 15.2.